The number of anilines is 1. The summed E-state index contributed by atoms with van der Waals surface area (Å²) in [6.45, 7) is 2.15. The van der Waals surface area contributed by atoms with Gasteiger partial charge in [0, 0.05) is 13.6 Å². The van der Waals surface area contributed by atoms with Crippen LogP contribution in [0.15, 0.2) is 23.8 Å². The second-order valence-corrected chi connectivity index (χ2v) is 7.22. The van der Waals surface area contributed by atoms with Crippen molar-refractivity contribution in [3.63, 3.8) is 0 Å². The number of amides is 1. The highest BCUT2D eigenvalue weighted by molar-refractivity contribution is 7.13. The molecule has 1 aliphatic rings. The number of fused-ring (bicyclic) bond motifs is 1. The summed E-state index contributed by atoms with van der Waals surface area (Å²) in [6.07, 6.45) is -3.42. The predicted molar refractivity (Wildman–Crippen MR) is 103 cm³/mol. The van der Waals surface area contributed by atoms with E-state index in [1.54, 1.807) is 14.0 Å². The van der Waals surface area contributed by atoms with Crippen molar-refractivity contribution in [2.75, 3.05) is 18.9 Å². The van der Waals surface area contributed by atoms with Gasteiger partial charge in [-0.1, -0.05) is 6.07 Å². The Morgan fingerprint density at radius 3 is 2.86 bits per heavy atom. The number of nitrogens with zero attached hydrogens (tertiary/aromatic N) is 4. The third-order valence-electron chi connectivity index (χ3n) is 4.52. The minimum absolute atomic E-state index is 0.392. The monoisotopic (exact) mass is 404 g/mol. The van der Waals surface area contributed by atoms with Crippen molar-refractivity contribution >= 4 is 34.2 Å². The van der Waals surface area contributed by atoms with Crippen molar-refractivity contribution in [1.82, 2.24) is 24.8 Å². The van der Waals surface area contributed by atoms with E-state index >= 15 is 0 Å². The van der Waals surface area contributed by atoms with Gasteiger partial charge in [0.15, 0.2) is 35.1 Å². The Labute approximate surface area is 164 Å². The van der Waals surface area contributed by atoms with E-state index < -0.39 is 30.4 Å². The predicted octanol–water partition coefficient (Wildman–Crippen LogP) is 0.352. The minimum atomic E-state index is -1.36. The summed E-state index contributed by atoms with van der Waals surface area (Å²) >= 11 is 1.50. The Kier molecular flexibility index (Phi) is 4.98. The van der Waals surface area contributed by atoms with Gasteiger partial charge in [-0.2, -0.15) is 0 Å². The highest BCUT2D eigenvalue weighted by Gasteiger charge is 2.47. The Balaban J connectivity index is 1.77. The van der Waals surface area contributed by atoms with Crippen LogP contribution in [0.5, 0.6) is 0 Å². The molecule has 3 aromatic heterocycles. The number of carbonyl (C=O) groups excluding carboxylic acids is 1. The third kappa shape index (κ3) is 3.02. The summed E-state index contributed by atoms with van der Waals surface area (Å²) in [6, 6.07) is 3.81. The molecule has 0 bridgehead atoms. The molecule has 148 valence electrons. The molecule has 3 aromatic rings. The van der Waals surface area contributed by atoms with Crippen LogP contribution in [0.2, 0.25) is 0 Å². The zero-order valence-electron chi connectivity index (χ0n) is 15.2. The first-order valence-corrected chi connectivity index (χ1v) is 9.68. The number of aliphatic hydroxyl groups excluding tert-OH is 2. The van der Waals surface area contributed by atoms with Crippen LogP contribution in [0.3, 0.4) is 0 Å². The molecule has 28 heavy (non-hydrogen) atoms. The minimum Gasteiger partial charge on any atom is -0.387 e. The molecule has 1 aliphatic heterocycles. The summed E-state index contributed by atoms with van der Waals surface area (Å²) in [5.74, 6) is 0.549. The van der Waals surface area contributed by atoms with Gasteiger partial charge < -0.3 is 25.6 Å². The Hall–Kier alpha value is -2.60. The lowest BCUT2D eigenvalue weighted by atomic mass is 10.1. The van der Waals surface area contributed by atoms with Crippen LogP contribution < -0.4 is 10.6 Å². The lowest BCUT2D eigenvalue weighted by molar-refractivity contribution is -0.137. The molecule has 0 unspecified atom stereocenters. The number of imidazole rings is 1. The number of aliphatic hydroxyl groups is 2. The summed E-state index contributed by atoms with van der Waals surface area (Å²) in [4.78, 5) is 26.4. The fraction of sp³-hybridized carbons (Fsp3) is 0.412. The Bertz CT molecular complexity index is 991. The molecule has 1 fully saturated rings. The zero-order valence-corrected chi connectivity index (χ0v) is 16.1. The number of thiophene rings is 1. The van der Waals surface area contributed by atoms with Gasteiger partial charge >= 0.3 is 0 Å². The number of likely N-dealkylation sites (N-methyl/N-ethyl adjacent to an activating group) is 1. The fourth-order valence-electron chi connectivity index (χ4n) is 3.17. The van der Waals surface area contributed by atoms with Gasteiger partial charge in [-0.25, -0.2) is 15.0 Å². The number of rotatable bonds is 5. The third-order valence-corrected chi connectivity index (χ3v) is 5.39. The van der Waals surface area contributed by atoms with E-state index in [1.807, 2.05) is 17.5 Å². The zero-order chi connectivity index (χ0) is 19.8. The smallest absolute Gasteiger partial charge is 0.252 e. The number of nitrogens with one attached hydrogen (secondary N) is 2. The van der Waals surface area contributed by atoms with Crippen LogP contribution in [-0.4, -0.2) is 67.5 Å². The first-order valence-electron chi connectivity index (χ1n) is 8.80. The van der Waals surface area contributed by atoms with Gasteiger partial charge in [0.1, 0.15) is 12.2 Å². The molecule has 11 heteroatoms. The van der Waals surface area contributed by atoms with Crippen LogP contribution in [0.25, 0.3) is 21.9 Å². The van der Waals surface area contributed by atoms with Crippen molar-refractivity contribution in [1.29, 1.82) is 0 Å². The van der Waals surface area contributed by atoms with Gasteiger partial charge in [-0.15, -0.1) is 11.3 Å². The average Bonchev–Trinajstić information content (AvgIpc) is 3.42. The maximum Gasteiger partial charge on any atom is 0.252 e. The molecular weight excluding hydrogens is 384 g/mol. The second kappa shape index (κ2) is 7.43. The lowest BCUT2D eigenvalue weighted by Crippen LogP contribution is -2.42. The molecule has 0 spiro atoms. The number of carbonyl (C=O) groups is 1. The van der Waals surface area contributed by atoms with Crippen molar-refractivity contribution in [3.05, 3.63) is 23.8 Å². The quantitative estimate of drug-likeness (QED) is 0.479. The van der Waals surface area contributed by atoms with Gasteiger partial charge in [-0.3, -0.25) is 9.36 Å². The highest BCUT2D eigenvalue weighted by atomic mass is 32.1. The Morgan fingerprint density at radius 1 is 1.36 bits per heavy atom. The van der Waals surface area contributed by atoms with Crippen molar-refractivity contribution in [2.45, 2.75) is 31.5 Å². The van der Waals surface area contributed by atoms with E-state index in [1.165, 1.54) is 22.2 Å². The molecule has 4 heterocycles. The summed E-state index contributed by atoms with van der Waals surface area (Å²) in [5.41, 5.74) is 0.921. The standard InChI is InChI=1S/C17H20N6O4S/c1-3-19-16(26)12-10(24)11(25)17(27-12)23-7-20-9-14(18-2)21-13(22-15(9)23)8-5-4-6-28-8/h4-7,10-12,17,24-25H,3H2,1-2H3,(H,19,26)(H,18,21,22)/t10-,11+,12-,17+/m0/s1. The van der Waals surface area contributed by atoms with Crippen LogP contribution in [0.4, 0.5) is 5.82 Å². The summed E-state index contributed by atoms with van der Waals surface area (Å²) in [7, 11) is 1.73. The first kappa shape index (κ1) is 18.7. The van der Waals surface area contributed by atoms with Crippen molar-refractivity contribution in [2.24, 2.45) is 0 Å². The Morgan fingerprint density at radius 2 is 2.18 bits per heavy atom. The maximum absolute atomic E-state index is 12.1. The SMILES string of the molecule is CCNC(=O)[C@H]1O[C@@H](n2cnc3c(NC)nc(-c4cccs4)nc32)[C@H](O)[C@@H]1O. The van der Waals surface area contributed by atoms with E-state index in [0.717, 1.165) is 4.88 Å². The van der Waals surface area contributed by atoms with E-state index in [4.69, 9.17) is 4.74 Å². The second-order valence-electron chi connectivity index (χ2n) is 6.27. The molecule has 4 N–H and O–H groups in total. The fourth-order valence-corrected chi connectivity index (χ4v) is 3.83. The van der Waals surface area contributed by atoms with E-state index in [-0.39, 0.29) is 0 Å². The number of ether oxygens (including phenoxy) is 1. The molecule has 0 aliphatic carbocycles. The molecule has 4 atom stereocenters. The molecule has 0 radical (unpaired) electrons. The number of hydrogen-bond acceptors (Lipinski definition) is 9. The van der Waals surface area contributed by atoms with Gasteiger partial charge in [0.05, 0.1) is 11.2 Å². The molecule has 4 rings (SSSR count). The topological polar surface area (TPSA) is 134 Å². The van der Waals surface area contributed by atoms with Crippen molar-refractivity contribution < 1.29 is 19.7 Å². The molecule has 1 amide bonds. The van der Waals surface area contributed by atoms with Gasteiger partial charge in [0.2, 0.25) is 0 Å². The average molecular weight is 404 g/mol. The molecule has 0 aromatic carbocycles. The van der Waals surface area contributed by atoms with E-state index in [9.17, 15) is 15.0 Å². The normalized spacial score (nSPS) is 24.6. The molecule has 1 saturated heterocycles. The summed E-state index contributed by atoms with van der Waals surface area (Å²) in [5, 5.41) is 28.3. The van der Waals surface area contributed by atoms with Crippen LogP contribution in [0.1, 0.15) is 13.2 Å². The molecule has 10 nitrogen and oxygen atoms in total. The van der Waals surface area contributed by atoms with Crippen LogP contribution in [0, 0.1) is 0 Å². The van der Waals surface area contributed by atoms with Gasteiger partial charge in [0.25, 0.3) is 5.91 Å². The number of aromatic nitrogens is 4. The summed E-state index contributed by atoms with van der Waals surface area (Å²) < 4.78 is 7.21. The largest absolute Gasteiger partial charge is 0.387 e. The molecular formula is C17H20N6O4S. The van der Waals surface area contributed by atoms with Crippen molar-refractivity contribution in [3.8, 4) is 10.7 Å². The number of hydrogen-bond donors (Lipinski definition) is 4. The highest BCUT2D eigenvalue weighted by Crippen LogP contribution is 2.34. The van der Waals surface area contributed by atoms with Crippen LogP contribution in [-0.2, 0) is 9.53 Å². The van der Waals surface area contributed by atoms with Crippen LogP contribution >= 0.6 is 11.3 Å². The maximum atomic E-state index is 12.1. The van der Waals surface area contributed by atoms with E-state index in [0.29, 0.717) is 29.4 Å². The first-order chi connectivity index (χ1) is 13.5. The lowest BCUT2D eigenvalue weighted by Gasteiger charge is -2.16. The van der Waals surface area contributed by atoms with E-state index in [2.05, 4.69) is 25.6 Å². The van der Waals surface area contributed by atoms with Gasteiger partial charge in [-0.05, 0) is 18.4 Å². The molecule has 0 saturated carbocycles.